The van der Waals surface area contributed by atoms with Crippen LogP contribution in [0.1, 0.15) is 25.7 Å². The third-order valence-electron chi connectivity index (χ3n) is 2.33. The van der Waals surface area contributed by atoms with Gasteiger partial charge in [-0.05, 0) is 12.8 Å². The summed E-state index contributed by atoms with van der Waals surface area (Å²) >= 11 is 0. The molecule has 7 heteroatoms. The van der Waals surface area contributed by atoms with Gasteiger partial charge in [0.05, 0.1) is 6.54 Å². The van der Waals surface area contributed by atoms with Crippen molar-refractivity contribution in [3.8, 4) is 0 Å². The van der Waals surface area contributed by atoms with Gasteiger partial charge >= 0.3 is 6.18 Å². The summed E-state index contributed by atoms with van der Waals surface area (Å²) in [5, 5.41) is 2.96. The fourth-order valence-electron chi connectivity index (χ4n) is 1.60. The highest BCUT2D eigenvalue weighted by atomic mass is 19.4. The first-order chi connectivity index (χ1) is 7.47. The quantitative estimate of drug-likeness (QED) is 0.708. The van der Waals surface area contributed by atoms with Crippen LogP contribution in [0.4, 0.5) is 13.2 Å². The van der Waals surface area contributed by atoms with Crippen molar-refractivity contribution in [1.82, 2.24) is 10.8 Å². The summed E-state index contributed by atoms with van der Waals surface area (Å²) in [6.45, 7) is -1.48. The summed E-state index contributed by atoms with van der Waals surface area (Å²) in [4.78, 5) is 15.0. The minimum atomic E-state index is -4.42. The molecule has 0 aromatic heterocycles. The molecular weight excluding hydrogens is 225 g/mol. The van der Waals surface area contributed by atoms with E-state index in [2.05, 4.69) is 10.2 Å². The topological polar surface area (TPSA) is 50.4 Å². The van der Waals surface area contributed by atoms with Crippen LogP contribution in [0, 0.1) is 0 Å². The summed E-state index contributed by atoms with van der Waals surface area (Å²) in [6.07, 6.45) is -0.146. The van der Waals surface area contributed by atoms with E-state index < -0.39 is 18.7 Å². The molecule has 0 aromatic rings. The van der Waals surface area contributed by atoms with Crippen molar-refractivity contribution in [1.29, 1.82) is 0 Å². The Labute approximate surface area is 91.5 Å². The third kappa shape index (κ3) is 5.92. The molecule has 0 aliphatic heterocycles. The smallest absolute Gasteiger partial charge is 0.306 e. The van der Waals surface area contributed by atoms with Gasteiger partial charge in [-0.1, -0.05) is 12.8 Å². The average molecular weight is 240 g/mol. The molecular formula is C9H15F3N2O2. The molecule has 4 nitrogen and oxygen atoms in total. The number of hydrogen-bond acceptors (Lipinski definition) is 3. The van der Waals surface area contributed by atoms with Crippen LogP contribution in [0.15, 0.2) is 0 Å². The van der Waals surface area contributed by atoms with E-state index >= 15 is 0 Å². The zero-order chi connectivity index (χ0) is 12.0. The lowest BCUT2D eigenvalue weighted by molar-refractivity contribution is -0.191. The summed E-state index contributed by atoms with van der Waals surface area (Å²) < 4.78 is 34.9. The Morgan fingerprint density at radius 1 is 1.31 bits per heavy atom. The van der Waals surface area contributed by atoms with Crippen LogP contribution in [-0.4, -0.2) is 31.3 Å². The van der Waals surface area contributed by atoms with Crippen molar-refractivity contribution < 1.29 is 22.8 Å². The molecule has 1 amide bonds. The van der Waals surface area contributed by atoms with Gasteiger partial charge in [0.15, 0.2) is 6.61 Å². The van der Waals surface area contributed by atoms with Crippen molar-refractivity contribution in [2.45, 2.75) is 37.9 Å². The molecule has 0 spiro atoms. The zero-order valence-electron chi connectivity index (χ0n) is 8.77. The van der Waals surface area contributed by atoms with Gasteiger partial charge < -0.3 is 5.32 Å². The number of rotatable bonds is 5. The van der Waals surface area contributed by atoms with Gasteiger partial charge in [0.2, 0.25) is 0 Å². The Kier molecular flexibility index (Phi) is 5.01. The SMILES string of the molecule is O=C(CNC1CCCC1)NOCC(F)(F)F. The molecule has 0 saturated heterocycles. The fraction of sp³-hybridized carbons (Fsp3) is 0.889. The minimum absolute atomic E-state index is 0.0114. The monoisotopic (exact) mass is 240 g/mol. The Morgan fingerprint density at radius 3 is 2.50 bits per heavy atom. The van der Waals surface area contributed by atoms with Crippen molar-refractivity contribution in [3.63, 3.8) is 0 Å². The highest BCUT2D eigenvalue weighted by Gasteiger charge is 2.28. The highest BCUT2D eigenvalue weighted by Crippen LogP contribution is 2.17. The molecule has 0 radical (unpaired) electrons. The number of carbonyl (C=O) groups excluding carboxylic acids is 1. The number of nitrogens with one attached hydrogen (secondary N) is 2. The molecule has 1 aliphatic rings. The standard InChI is InChI=1S/C9H15F3N2O2/c10-9(11,12)6-16-14-8(15)5-13-7-3-1-2-4-7/h7,13H,1-6H2,(H,14,15). The van der Waals surface area contributed by atoms with Crippen LogP contribution in [0.2, 0.25) is 0 Å². The lowest BCUT2D eigenvalue weighted by Crippen LogP contribution is -2.39. The highest BCUT2D eigenvalue weighted by molar-refractivity contribution is 5.76. The van der Waals surface area contributed by atoms with Crippen LogP contribution in [0.5, 0.6) is 0 Å². The van der Waals surface area contributed by atoms with Gasteiger partial charge in [-0.25, -0.2) is 5.48 Å². The molecule has 0 unspecified atom stereocenters. The zero-order valence-corrected chi connectivity index (χ0v) is 8.77. The first-order valence-electron chi connectivity index (χ1n) is 5.18. The predicted molar refractivity (Wildman–Crippen MR) is 50.4 cm³/mol. The minimum Gasteiger partial charge on any atom is -0.306 e. The second-order valence-electron chi connectivity index (χ2n) is 3.79. The first kappa shape index (κ1) is 13.2. The van der Waals surface area contributed by atoms with Gasteiger partial charge in [0.25, 0.3) is 5.91 Å². The van der Waals surface area contributed by atoms with E-state index in [4.69, 9.17) is 0 Å². The van der Waals surface area contributed by atoms with Gasteiger partial charge in [0, 0.05) is 6.04 Å². The molecule has 0 aromatic carbocycles. The van der Waals surface area contributed by atoms with Gasteiger partial charge in [-0.3, -0.25) is 9.63 Å². The van der Waals surface area contributed by atoms with Crippen LogP contribution in [0.25, 0.3) is 0 Å². The molecule has 1 saturated carbocycles. The molecule has 1 rings (SSSR count). The Bertz CT molecular complexity index is 227. The van der Waals surface area contributed by atoms with E-state index in [1.165, 1.54) is 0 Å². The summed E-state index contributed by atoms with van der Waals surface area (Å²) in [6, 6.07) is 0.299. The van der Waals surface area contributed by atoms with Gasteiger partial charge in [-0.2, -0.15) is 13.2 Å². The van der Waals surface area contributed by atoms with Crippen LogP contribution in [0.3, 0.4) is 0 Å². The lowest BCUT2D eigenvalue weighted by Gasteiger charge is -2.12. The van der Waals surface area contributed by atoms with E-state index in [-0.39, 0.29) is 6.54 Å². The molecule has 0 heterocycles. The van der Waals surface area contributed by atoms with Crippen LogP contribution >= 0.6 is 0 Å². The van der Waals surface area contributed by atoms with E-state index in [0.29, 0.717) is 6.04 Å². The maximum Gasteiger partial charge on any atom is 0.414 e. The molecule has 94 valence electrons. The second kappa shape index (κ2) is 6.05. The molecule has 16 heavy (non-hydrogen) atoms. The predicted octanol–water partition coefficient (Wildman–Crippen LogP) is 1.13. The number of hydrogen-bond donors (Lipinski definition) is 2. The maximum atomic E-state index is 11.6. The Hall–Kier alpha value is -0.820. The van der Waals surface area contributed by atoms with Crippen molar-refractivity contribution in [3.05, 3.63) is 0 Å². The van der Waals surface area contributed by atoms with Gasteiger partial charge in [-0.15, -0.1) is 0 Å². The molecule has 1 fully saturated rings. The molecule has 0 atom stereocenters. The van der Waals surface area contributed by atoms with Crippen LogP contribution < -0.4 is 10.8 Å². The number of alkyl halides is 3. The van der Waals surface area contributed by atoms with E-state index in [1.54, 1.807) is 5.48 Å². The number of hydroxylamine groups is 1. The molecule has 1 aliphatic carbocycles. The summed E-state index contributed by atoms with van der Waals surface area (Å²) in [7, 11) is 0. The van der Waals surface area contributed by atoms with E-state index in [0.717, 1.165) is 25.7 Å². The number of carbonyl (C=O) groups is 1. The Balaban J connectivity index is 2.02. The largest absolute Gasteiger partial charge is 0.414 e. The Morgan fingerprint density at radius 2 is 1.94 bits per heavy atom. The summed E-state index contributed by atoms with van der Waals surface area (Å²) in [5.74, 6) is -0.587. The van der Waals surface area contributed by atoms with Crippen molar-refractivity contribution in [2.75, 3.05) is 13.2 Å². The lowest BCUT2D eigenvalue weighted by atomic mass is 10.2. The first-order valence-corrected chi connectivity index (χ1v) is 5.18. The van der Waals surface area contributed by atoms with E-state index in [9.17, 15) is 18.0 Å². The van der Waals surface area contributed by atoms with Crippen molar-refractivity contribution >= 4 is 5.91 Å². The normalized spacial score (nSPS) is 17.7. The van der Waals surface area contributed by atoms with E-state index in [1.807, 2.05) is 0 Å². The average Bonchev–Trinajstić information content (AvgIpc) is 2.65. The second-order valence-corrected chi connectivity index (χ2v) is 3.79. The van der Waals surface area contributed by atoms with Crippen LogP contribution in [-0.2, 0) is 9.63 Å². The summed E-state index contributed by atoms with van der Waals surface area (Å²) in [5.41, 5.74) is 1.74. The molecule has 2 N–H and O–H groups in total. The third-order valence-corrected chi connectivity index (χ3v) is 2.33. The van der Waals surface area contributed by atoms with Crippen molar-refractivity contribution in [2.24, 2.45) is 0 Å². The fourth-order valence-corrected chi connectivity index (χ4v) is 1.60. The number of amides is 1. The number of halogens is 3. The molecule has 0 bridgehead atoms. The maximum absolute atomic E-state index is 11.6. The van der Waals surface area contributed by atoms with Gasteiger partial charge in [0.1, 0.15) is 0 Å².